The number of esters is 2. The lowest BCUT2D eigenvalue weighted by Gasteiger charge is -2.22. The Hall–Kier alpha value is -0.980. The number of halogens is 2. The van der Waals surface area contributed by atoms with Gasteiger partial charge >= 0.3 is 27.3 Å². The Morgan fingerprint density at radius 2 is 2.10 bits per heavy atom. The quantitative estimate of drug-likeness (QED) is 0.531. The molecule has 0 aromatic carbocycles. The molecule has 20 heavy (non-hydrogen) atoms. The molecule has 0 amide bonds. The molecule has 0 aromatic rings. The van der Waals surface area contributed by atoms with E-state index in [1.54, 1.807) is 0 Å². The van der Waals surface area contributed by atoms with Gasteiger partial charge in [-0.05, 0) is 0 Å². The van der Waals surface area contributed by atoms with Gasteiger partial charge < -0.3 is 14.2 Å². The average molecular weight is 336 g/mol. The highest BCUT2D eigenvalue weighted by atomic mass is 32.2. The van der Waals surface area contributed by atoms with Crippen molar-refractivity contribution in [3.63, 3.8) is 0 Å². The Kier molecular flexibility index (Phi) is 5.68. The summed E-state index contributed by atoms with van der Waals surface area (Å²) in [5.41, 5.74) is 0. The van der Waals surface area contributed by atoms with E-state index in [0.717, 1.165) is 0 Å². The smallest absolute Gasteiger partial charge is 0.448 e. The van der Waals surface area contributed by atoms with Crippen LogP contribution in [-0.2, 0) is 33.9 Å². The molecule has 0 spiro atoms. The van der Waals surface area contributed by atoms with Crippen LogP contribution in [0.15, 0.2) is 0 Å². The average Bonchev–Trinajstić information content (AvgIpc) is 2.35. The second-order valence-electron chi connectivity index (χ2n) is 3.43. The molecule has 0 aliphatic carbocycles. The van der Waals surface area contributed by atoms with Crippen LogP contribution in [0.1, 0.15) is 0 Å². The molecular weight excluding hydrogens is 326 g/mol. The highest BCUT2D eigenvalue weighted by Crippen LogP contribution is 2.22. The van der Waals surface area contributed by atoms with E-state index in [9.17, 15) is 26.8 Å². The fraction of sp³-hybridized carbons (Fsp3) is 0.750. The van der Waals surface area contributed by atoms with Crippen LogP contribution in [0.2, 0.25) is 0 Å². The number of alkyl halides is 2. The van der Waals surface area contributed by atoms with Crippen molar-refractivity contribution >= 4 is 33.8 Å². The van der Waals surface area contributed by atoms with Crippen LogP contribution >= 0.6 is 11.8 Å². The van der Waals surface area contributed by atoms with E-state index < -0.39 is 40.2 Å². The Morgan fingerprint density at radius 1 is 1.45 bits per heavy atom. The summed E-state index contributed by atoms with van der Waals surface area (Å²) in [5.74, 6) is -2.71. The molecule has 1 rings (SSSR count). The molecule has 1 saturated heterocycles. The van der Waals surface area contributed by atoms with Crippen LogP contribution in [0, 0.1) is 0 Å². The first-order valence-electron chi connectivity index (χ1n) is 5.05. The molecule has 1 aliphatic rings. The summed E-state index contributed by atoms with van der Waals surface area (Å²) >= 11 is 1.43. The summed E-state index contributed by atoms with van der Waals surface area (Å²) in [6.07, 6.45) is -0.887. The molecule has 0 bridgehead atoms. The topological polar surface area (TPSA) is 116 Å². The molecule has 0 aromatic heterocycles. The van der Waals surface area contributed by atoms with Gasteiger partial charge in [0.2, 0.25) is 6.29 Å². The molecule has 1 unspecified atom stereocenters. The van der Waals surface area contributed by atoms with Crippen LogP contribution in [0.25, 0.3) is 0 Å². The van der Waals surface area contributed by atoms with Crippen molar-refractivity contribution in [1.82, 2.24) is 0 Å². The van der Waals surface area contributed by atoms with Gasteiger partial charge in [0, 0.05) is 5.75 Å². The summed E-state index contributed by atoms with van der Waals surface area (Å²) in [6.45, 7) is -0.891. The fourth-order valence-electron chi connectivity index (χ4n) is 1.03. The highest BCUT2D eigenvalue weighted by Gasteiger charge is 2.54. The van der Waals surface area contributed by atoms with E-state index in [1.807, 2.05) is 0 Å². The van der Waals surface area contributed by atoms with Gasteiger partial charge in [-0.3, -0.25) is 4.55 Å². The molecule has 0 saturated carbocycles. The molecule has 12 heteroatoms. The molecule has 1 N–H and O–H groups in total. The minimum absolute atomic E-state index is 0.334. The SMILES string of the molecule is O=C(COC(=O)C(F)(F)S(=O)(=O)O)OC1CSCCO1. The summed E-state index contributed by atoms with van der Waals surface area (Å²) in [6, 6.07) is 0. The summed E-state index contributed by atoms with van der Waals surface area (Å²) < 4.78 is 67.4. The molecule has 8 nitrogen and oxygen atoms in total. The summed E-state index contributed by atoms with van der Waals surface area (Å²) in [7, 11) is -5.96. The third-order valence-electron chi connectivity index (χ3n) is 1.93. The van der Waals surface area contributed by atoms with Crippen LogP contribution in [0.5, 0.6) is 0 Å². The normalized spacial score (nSPS) is 20.2. The minimum Gasteiger partial charge on any atom is -0.448 e. The lowest BCUT2D eigenvalue weighted by molar-refractivity contribution is -0.184. The number of carbonyl (C=O) groups is 2. The van der Waals surface area contributed by atoms with Crippen LogP contribution in [0.3, 0.4) is 0 Å². The zero-order valence-electron chi connectivity index (χ0n) is 9.78. The van der Waals surface area contributed by atoms with Crippen molar-refractivity contribution in [2.75, 3.05) is 24.7 Å². The fourth-order valence-corrected chi connectivity index (χ4v) is 2.04. The van der Waals surface area contributed by atoms with Crippen molar-refractivity contribution in [1.29, 1.82) is 0 Å². The number of ether oxygens (including phenoxy) is 3. The molecule has 1 atom stereocenters. The van der Waals surface area contributed by atoms with Crippen LogP contribution < -0.4 is 0 Å². The Morgan fingerprint density at radius 3 is 2.60 bits per heavy atom. The van der Waals surface area contributed by atoms with Gasteiger partial charge in [-0.15, -0.1) is 0 Å². The van der Waals surface area contributed by atoms with Crippen molar-refractivity contribution < 1.29 is 45.6 Å². The number of carbonyl (C=O) groups excluding carboxylic acids is 2. The Balaban J connectivity index is 2.42. The summed E-state index contributed by atoms with van der Waals surface area (Å²) in [4.78, 5) is 21.9. The van der Waals surface area contributed by atoms with Crippen molar-refractivity contribution in [2.24, 2.45) is 0 Å². The van der Waals surface area contributed by atoms with E-state index in [-0.39, 0.29) is 0 Å². The van der Waals surface area contributed by atoms with Crippen molar-refractivity contribution in [3.8, 4) is 0 Å². The standard InChI is InChI=1S/C8H10F2O8S2/c9-8(10,20(13,14)15)7(12)17-3-5(11)18-6-4-19-2-1-16-6/h6H,1-4H2,(H,13,14,15). The number of hydrogen-bond acceptors (Lipinski definition) is 8. The second kappa shape index (κ2) is 6.65. The van der Waals surface area contributed by atoms with Gasteiger partial charge in [0.05, 0.1) is 12.4 Å². The minimum atomic E-state index is -5.96. The lowest BCUT2D eigenvalue weighted by atomic mass is 10.6. The lowest BCUT2D eigenvalue weighted by Crippen LogP contribution is -2.40. The highest BCUT2D eigenvalue weighted by molar-refractivity contribution is 7.99. The van der Waals surface area contributed by atoms with Gasteiger partial charge in [0.1, 0.15) is 0 Å². The number of thioether (sulfide) groups is 1. The first kappa shape index (κ1) is 17.1. The molecular formula is C8H10F2O8S2. The molecule has 1 heterocycles. The van der Waals surface area contributed by atoms with Gasteiger partial charge in [0.25, 0.3) is 0 Å². The predicted molar refractivity (Wildman–Crippen MR) is 60.6 cm³/mol. The van der Waals surface area contributed by atoms with E-state index in [4.69, 9.17) is 9.29 Å². The third kappa shape index (κ3) is 4.54. The third-order valence-corrected chi connectivity index (χ3v) is 3.71. The first-order chi connectivity index (χ1) is 9.14. The van der Waals surface area contributed by atoms with Gasteiger partial charge in [-0.1, -0.05) is 0 Å². The van der Waals surface area contributed by atoms with E-state index in [1.165, 1.54) is 11.8 Å². The maximum absolute atomic E-state index is 12.7. The zero-order valence-corrected chi connectivity index (χ0v) is 11.4. The van der Waals surface area contributed by atoms with Gasteiger partial charge in [0.15, 0.2) is 6.61 Å². The van der Waals surface area contributed by atoms with Gasteiger partial charge in [-0.25, -0.2) is 9.59 Å². The summed E-state index contributed by atoms with van der Waals surface area (Å²) in [5, 5.41) is -5.15. The van der Waals surface area contributed by atoms with Gasteiger partial charge in [-0.2, -0.15) is 29.0 Å². The largest absolute Gasteiger partial charge is 0.465 e. The zero-order chi connectivity index (χ0) is 15.4. The monoisotopic (exact) mass is 336 g/mol. The van der Waals surface area contributed by atoms with Crippen molar-refractivity contribution in [2.45, 2.75) is 11.5 Å². The molecule has 0 radical (unpaired) electrons. The van der Waals surface area contributed by atoms with E-state index in [2.05, 4.69) is 9.47 Å². The second-order valence-corrected chi connectivity index (χ2v) is 6.05. The first-order valence-corrected chi connectivity index (χ1v) is 7.65. The molecule has 116 valence electrons. The molecule has 1 aliphatic heterocycles. The van der Waals surface area contributed by atoms with Crippen LogP contribution in [-0.4, -0.2) is 61.2 Å². The van der Waals surface area contributed by atoms with Crippen molar-refractivity contribution in [3.05, 3.63) is 0 Å². The van der Waals surface area contributed by atoms with E-state index >= 15 is 0 Å². The molecule has 1 fully saturated rings. The van der Waals surface area contributed by atoms with Crippen LogP contribution in [0.4, 0.5) is 8.78 Å². The number of rotatable bonds is 5. The Bertz CT molecular complexity index is 471. The number of hydrogen-bond donors (Lipinski definition) is 1. The van der Waals surface area contributed by atoms with E-state index in [0.29, 0.717) is 18.1 Å². The predicted octanol–water partition coefficient (Wildman–Crippen LogP) is -0.357. The Labute approximate surface area is 116 Å². The maximum atomic E-state index is 12.7. The maximum Gasteiger partial charge on any atom is 0.465 e.